The summed E-state index contributed by atoms with van der Waals surface area (Å²) in [5.41, 5.74) is 4.12. The van der Waals surface area contributed by atoms with E-state index < -0.39 is 0 Å². The van der Waals surface area contributed by atoms with Crippen LogP contribution in [0.1, 0.15) is 35.8 Å². The number of anilines is 1. The lowest BCUT2D eigenvalue weighted by molar-refractivity contribution is 0.197. The van der Waals surface area contributed by atoms with Gasteiger partial charge in [-0.05, 0) is 61.6 Å². The molecule has 2 aromatic carbocycles. The molecule has 1 atom stereocenters. The molecule has 1 aliphatic rings. The summed E-state index contributed by atoms with van der Waals surface area (Å²) < 4.78 is 24.4. The van der Waals surface area contributed by atoms with Crippen molar-refractivity contribution < 1.29 is 18.4 Å². The number of urea groups is 1. The Balaban J connectivity index is 1.32. The molecule has 0 saturated carbocycles. The topological polar surface area (TPSA) is 67.6 Å². The van der Waals surface area contributed by atoms with E-state index in [-0.39, 0.29) is 17.8 Å². The van der Waals surface area contributed by atoms with Crippen LogP contribution < -0.4 is 10.1 Å². The molecule has 1 unspecified atom stereocenters. The van der Waals surface area contributed by atoms with Crippen LogP contribution in [0.4, 0.5) is 15.0 Å². The zero-order valence-corrected chi connectivity index (χ0v) is 19.8. The van der Waals surface area contributed by atoms with Crippen molar-refractivity contribution in [3.8, 4) is 5.75 Å². The predicted molar refractivity (Wildman–Crippen MR) is 130 cm³/mol. The molecule has 2 amide bonds. The Morgan fingerprint density at radius 1 is 1.26 bits per heavy atom. The lowest BCUT2D eigenvalue weighted by atomic mass is 9.91. The van der Waals surface area contributed by atoms with Crippen LogP contribution in [0.2, 0.25) is 0 Å². The average Bonchev–Trinajstić information content (AvgIpc) is 3.13. The first kappa shape index (κ1) is 23.5. The van der Waals surface area contributed by atoms with Gasteiger partial charge in [0.15, 0.2) is 5.82 Å². The van der Waals surface area contributed by atoms with Gasteiger partial charge in [-0.2, -0.15) is 0 Å². The molecule has 7 heteroatoms. The monoisotopic (exact) mass is 463 g/mol. The second-order valence-corrected chi connectivity index (χ2v) is 8.76. The number of benzene rings is 2. The van der Waals surface area contributed by atoms with Crippen LogP contribution in [-0.4, -0.2) is 35.8 Å². The van der Waals surface area contributed by atoms with Gasteiger partial charge in [0.05, 0.1) is 6.61 Å². The van der Waals surface area contributed by atoms with Crippen LogP contribution in [-0.2, 0) is 6.42 Å². The maximum absolute atomic E-state index is 13.3. The van der Waals surface area contributed by atoms with Gasteiger partial charge in [0.2, 0.25) is 0 Å². The van der Waals surface area contributed by atoms with Gasteiger partial charge in [-0.3, -0.25) is 5.32 Å². The van der Waals surface area contributed by atoms with Crippen LogP contribution >= 0.6 is 0 Å². The van der Waals surface area contributed by atoms with Gasteiger partial charge in [-0.1, -0.05) is 48.0 Å². The summed E-state index contributed by atoms with van der Waals surface area (Å²) in [6.07, 6.45) is 3.63. The standard InChI is InChI=1S/C27H30FN3O3/c1-18-17-31(27(32)29-26-19(2)20(3)34-30-26)12-10-23(18)14-22-7-5-9-25(16-22)33-13-11-21-6-4-8-24(28)15-21/h4-9,14-16,18H,10-13,17H2,1-3H3,(H,29,30,32). The van der Waals surface area contributed by atoms with Gasteiger partial charge in [0.25, 0.3) is 0 Å². The molecule has 6 nitrogen and oxygen atoms in total. The van der Waals surface area contributed by atoms with E-state index in [0.717, 1.165) is 28.9 Å². The summed E-state index contributed by atoms with van der Waals surface area (Å²) in [5, 5.41) is 6.77. The normalized spacial score (nSPS) is 17.1. The number of nitrogens with one attached hydrogen (secondary N) is 1. The number of rotatable bonds is 6. The number of aromatic nitrogens is 1. The molecule has 34 heavy (non-hydrogen) atoms. The van der Waals surface area contributed by atoms with Crippen LogP contribution in [0.15, 0.2) is 58.6 Å². The smallest absolute Gasteiger partial charge is 0.323 e. The predicted octanol–water partition coefficient (Wildman–Crippen LogP) is 6.01. The molecule has 0 spiro atoms. The van der Waals surface area contributed by atoms with Gasteiger partial charge < -0.3 is 14.2 Å². The molecule has 4 rings (SSSR count). The van der Waals surface area contributed by atoms with Gasteiger partial charge in [0, 0.05) is 25.1 Å². The molecule has 0 radical (unpaired) electrons. The number of halogens is 1. The van der Waals surface area contributed by atoms with E-state index in [2.05, 4.69) is 23.5 Å². The first-order valence-corrected chi connectivity index (χ1v) is 11.6. The fourth-order valence-electron chi connectivity index (χ4n) is 4.05. The Bertz CT molecular complexity index is 1190. The number of piperidine rings is 1. The highest BCUT2D eigenvalue weighted by atomic mass is 19.1. The number of hydrogen-bond donors (Lipinski definition) is 1. The number of aryl methyl sites for hydroxylation is 1. The highest BCUT2D eigenvalue weighted by Crippen LogP contribution is 2.27. The Morgan fingerprint density at radius 3 is 2.82 bits per heavy atom. The quantitative estimate of drug-likeness (QED) is 0.486. The van der Waals surface area contributed by atoms with Gasteiger partial charge >= 0.3 is 6.03 Å². The third kappa shape index (κ3) is 5.84. The Labute approximate surface area is 199 Å². The van der Waals surface area contributed by atoms with Crippen LogP contribution in [0.3, 0.4) is 0 Å². The largest absolute Gasteiger partial charge is 0.493 e. The minimum Gasteiger partial charge on any atom is -0.493 e. The molecule has 2 heterocycles. The molecule has 1 saturated heterocycles. The highest BCUT2D eigenvalue weighted by molar-refractivity contribution is 5.89. The second-order valence-electron chi connectivity index (χ2n) is 8.76. The van der Waals surface area contributed by atoms with E-state index in [0.29, 0.717) is 37.7 Å². The fraction of sp³-hybridized carbons (Fsp3) is 0.333. The van der Waals surface area contributed by atoms with E-state index >= 15 is 0 Å². The molecule has 1 aliphatic heterocycles. The van der Waals surface area contributed by atoms with Crippen molar-refractivity contribution in [2.75, 3.05) is 25.0 Å². The molecule has 3 aromatic rings. The maximum Gasteiger partial charge on any atom is 0.323 e. The Hall–Kier alpha value is -3.61. The van der Waals surface area contributed by atoms with Crippen molar-refractivity contribution in [2.45, 2.75) is 33.6 Å². The van der Waals surface area contributed by atoms with Crippen LogP contribution in [0.5, 0.6) is 5.75 Å². The molecular weight excluding hydrogens is 433 g/mol. The number of ether oxygens (including phenoxy) is 1. The highest BCUT2D eigenvalue weighted by Gasteiger charge is 2.25. The average molecular weight is 464 g/mol. The number of likely N-dealkylation sites (tertiary alicyclic amines) is 1. The summed E-state index contributed by atoms with van der Waals surface area (Å²) in [7, 11) is 0. The number of nitrogens with zero attached hydrogens (tertiary/aromatic N) is 2. The van der Waals surface area contributed by atoms with Crippen LogP contribution in [0.25, 0.3) is 6.08 Å². The van der Waals surface area contributed by atoms with Crippen molar-refractivity contribution >= 4 is 17.9 Å². The summed E-state index contributed by atoms with van der Waals surface area (Å²) in [6, 6.07) is 14.4. The second kappa shape index (κ2) is 10.5. The maximum atomic E-state index is 13.3. The van der Waals surface area contributed by atoms with E-state index in [1.165, 1.54) is 17.7 Å². The van der Waals surface area contributed by atoms with E-state index in [9.17, 15) is 9.18 Å². The van der Waals surface area contributed by atoms with E-state index in [1.807, 2.05) is 49.1 Å². The lowest BCUT2D eigenvalue weighted by Crippen LogP contribution is -2.42. The Morgan fingerprint density at radius 2 is 2.09 bits per heavy atom. The van der Waals surface area contributed by atoms with Gasteiger partial charge in [-0.25, -0.2) is 9.18 Å². The number of carbonyl (C=O) groups excluding carboxylic acids is 1. The molecule has 0 bridgehead atoms. The van der Waals surface area contributed by atoms with Crippen molar-refractivity contribution in [1.82, 2.24) is 10.1 Å². The zero-order valence-electron chi connectivity index (χ0n) is 19.8. The van der Waals surface area contributed by atoms with Crippen molar-refractivity contribution in [1.29, 1.82) is 0 Å². The first-order chi connectivity index (χ1) is 16.4. The first-order valence-electron chi connectivity index (χ1n) is 11.6. The molecule has 1 fully saturated rings. The third-order valence-corrected chi connectivity index (χ3v) is 6.23. The van der Waals surface area contributed by atoms with Crippen LogP contribution in [0, 0.1) is 25.6 Å². The van der Waals surface area contributed by atoms with E-state index in [4.69, 9.17) is 9.26 Å². The number of carbonyl (C=O) groups is 1. The molecule has 1 aromatic heterocycles. The van der Waals surface area contributed by atoms with E-state index in [1.54, 1.807) is 6.07 Å². The Kier molecular flexibility index (Phi) is 7.30. The van der Waals surface area contributed by atoms with Gasteiger partial charge in [0.1, 0.15) is 17.3 Å². The summed E-state index contributed by atoms with van der Waals surface area (Å²) in [4.78, 5) is 14.5. The minimum atomic E-state index is -0.230. The molecule has 178 valence electrons. The molecule has 0 aliphatic carbocycles. The van der Waals surface area contributed by atoms with Crippen molar-refractivity contribution in [3.63, 3.8) is 0 Å². The number of hydrogen-bond acceptors (Lipinski definition) is 4. The van der Waals surface area contributed by atoms with Crippen molar-refractivity contribution in [2.24, 2.45) is 5.92 Å². The molecular formula is C27H30FN3O3. The minimum absolute atomic E-state index is 0.156. The summed E-state index contributed by atoms with van der Waals surface area (Å²) in [6.45, 7) is 7.59. The third-order valence-electron chi connectivity index (χ3n) is 6.23. The fourth-order valence-corrected chi connectivity index (χ4v) is 4.05. The van der Waals surface area contributed by atoms with Crippen molar-refractivity contribution in [3.05, 3.63) is 82.4 Å². The zero-order chi connectivity index (χ0) is 24.1. The lowest BCUT2D eigenvalue weighted by Gasteiger charge is -2.33. The molecule has 1 N–H and O–H groups in total. The number of amides is 2. The van der Waals surface area contributed by atoms with Gasteiger partial charge in [-0.15, -0.1) is 0 Å². The summed E-state index contributed by atoms with van der Waals surface area (Å²) >= 11 is 0. The summed E-state index contributed by atoms with van der Waals surface area (Å²) in [5.74, 6) is 1.97. The SMILES string of the molecule is Cc1onc(NC(=O)N2CCC(=Cc3cccc(OCCc4cccc(F)c4)c3)C(C)C2)c1C.